The van der Waals surface area contributed by atoms with E-state index in [-0.39, 0.29) is 5.91 Å². The monoisotopic (exact) mass is 359 g/mol. The van der Waals surface area contributed by atoms with Gasteiger partial charge in [-0.05, 0) is 58.0 Å². The van der Waals surface area contributed by atoms with Crippen molar-refractivity contribution in [3.8, 4) is 5.69 Å². The van der Waals surface area contributed by atoms with E-state index in [1.807, 2.05) is 52.0 Å². The predicted molar refractivity (Wildman–Crippen MR) is 99.8 cm³/mol. The molecule has 0 spiro atoms. The van der Waals surface area contributed by atoms with E-state index in [1.165, 1.54) is 11.3 Å². The summed E-state index contributed by atoms with van der Waals surface area (Å²) in [6, 6.07) is 9.57. The van der Waals surface area contributed by atoms with Gasteiger partial charge in [-0.15, -0.1) is 11.3 Å². The van der Waals surface area contributed by atoms with Gasteiger partial charge in [0.2, 0.25) is 0 Å². The van der Waals surface area contributed by atoms with Crippen molar-refractivity contribution in [3.63, 3.8) is 0 Å². The first-order chi connectivity index (χ1) is 11.4. The molecule has 4 nitrogen and oxygen atoms in total. The molecular weight excluding hydrogens is 342 g/mol. The van der Waals surface area contributed by atoms with Crippen LogP contribution in [-0.4, -0.2) is 15.5 Å². The smallest absolute Gasteiger partial charge is 0.259 e. The Morgan fingerprint density at radius 3 is 2.38 bits per heavy atom. The highest BCUT2D eigenvalue weighted by atomic mass is 35.5. The number of carbonyl (C=O) groups is 1. The number of carbonyl (C=O) groups excluding carboxylic acids is 1. The Balaban J connectivity index is 1.95. The third-order valence-corrected chi connectivity index (χ3v) is 5.29. The van der Waals surface area contributed by atoms with Crippen molar-refractivity contribution in [1.82, 2.24) is 9.55 Å². The molecule has 1 amide bonds. The summed E-state index contributed by atoms with van der Waals surface area (Å²) in [7, 11) is 0. The molecule has 0 aliphatic rings. The van der Waals surface area contributed by atoms with E-state index >= 15 is 0 Å². The Morgan fingerprint density at radius 2 is 1.79 bits per heavy atom. The number of nitrogens with one attached hydrogen (secondary N) is 1. The Bertz CT molecular complexity index is 887. The molecule has 1 aromatic carbocycles. The molecule has 0 atom stereocenters. The van der Waals surface area contributed by atoms with Gasteiger partial charge in [-0.2, -0.15) is 0 Å². The van der Waals surface area contributed by atoms with Crippen LogP contribution in [0.5, 0.6) is 0 Å². The highest BCUT2D eigenvalue weighted by Crippen LogP contribution is 2.26. The number of amides is 1. The normalized spacial score (nSPS) is 10.9. The molecule has 3 rings (SSSR count). The van der Waals surface area contributed by atoms with Crippen molar-refractivity contribution in [2.75, 3.05) is 5.32 Å². The minimum atomic E-state index is -0.252. The van der Waals surface area contributed by atoms with Gasteiger partial charge in [0.15, 0.2) is 5.13 Å². The molecule has 0 unspecified atom stereocenters. The van der Waals surface area contributed by atoms with E-state index in [9.17, 15) is 4.79 Å². The van der Waals surface area contributed by atoms with E-state index < -0.39 is 0 Å². The van der Waals surface area contributed by atoms with E-state index in [0.29, 0.717) is 15.7 Å². The van der Waals surface area contributed by atoms with Gasteiger partial charge < -0.3 is 4.57 Å². The molecule has 0 radical (unpaired) electrons. The van der Waals surface area contributed by atoms with Gasteiger partial charge >= 0.3 is 0 Å². The number of aryl methyl sites for hydroxylation is 4. The SMILES string of the molecule is Cc1nc(NC(=O)c2cc(-n3c(C)ccc3C)ccc2Cl)sc1C. The Morgan fingerprint density at radius 1 is 1.12 bits per heavy atom. The topological polar surface area (TPSA) is 46.9 Å². The number of benzene rings is 1. The molecule has 1 N–H and O–H groups in total. The summed E-state index contributed by atoms with van der Waals surface area (Å²) in [5.74, 6) is -0.252. The number of nitrogens with zero attached hydrogens (tertiary/aromatic N) is 2. The second-order valence-electron chi connectivity index (χ2n) is 5.73. The lowest BCUT2D eigenvalue weighted by Gasteiger charge is -2.12. The van der Waals surface area contributed by atoms with Crippen LogP contribution in [0.25, 0.3) is 5.69 Å². The molecule has 0 saturated carbocycles. The Labute approximate surface area is 150 Å². The molecule has 6 heteroatoms. The van der Waals surface area contributed by atoms with Crippen LogP contribution in [-0.2, 0) is 0 Å². The van der Waals surface area contributed by atoms with Crippen LogP contribution in [0.15, 0.2) is 30.3 Å². The number of hydrogen-bond acceptors (Lipinski definition) is 3. The summed E-state index contributed by atoms with van der Waals surface area (Å²) in [6.07, 6.45) is 0. The van der Waals surface area contributed by atoms with Crippen molar-refractivity contribution in [1.29, 1.82) is 0 Å². The lowest BCUT2D eigenvalue weighted by atomic mass is 10.1. The summed E-state index contributed by atoms with van der Waals surface area (Å²) < 4.78 is 2.09. The van der Waals surface area contributed by atoms with Crippen LogP contribution in [0, 0.1) is 27.7 Å². The zero-order valence-corrected chi connectivity index (χ0v) is 15.5. The molecule has 0 fully saturated rings. The van der Waals surface area contributed by atoms with Crippen molar-refractivity contribution >= 4 is 34.0 Å². The number of aromatic nitrogens is 2. The number of hydrogen-bond donors (Lipinski definition) is 1. The van der Waals surface area contributed by atoms with Gasteiger partial charge in [-0.1, -0.05) is 11.6 Å². The van der Waals surface area contributed by atoms with Crippen molar-refractivity contribution < 1.29 is 4.79 Å². The number of halogens is 1. The van der Waals surface area contributed by atoms with Crippen LogP contribution >= 0.6 is 22.9 Å². The summed E-state index contributed by atoms with van der Waals surface area (Å²) in [4.78, 5) is 18.0. The largest absolute Gasteiger partial charge is 0.318 e. The quantitative estimate of drug-likeness (QED) is 0.709. The fourth-order valence-corrected chi connectivity index (χ4v) is 3.61. The van der Waals surface area contributed by atoms with Crippen LogP contribution in [0.3, 0.4) is 0 Å². The standard InChI is InChI=1S/C18H18ClN3OS/c1-10-5-6-11(2)22(10)14-7-8-16(19)15(9-14)17(23)21-18-20-12(3)13(4)24-18/h5-9H,1-4H3,(H,20,21,23). The third kappa shape index (κ3) is 3.09. The average molecular weight is 360 g/mol. The second-order valence-corrected chi connectivity index (χ2v) is 7.34. The van der Waals surface area contributed by atoms with Crippen LogP contribution in [0.4, 0.5) is 5.13 Å². The Hall–Kier alpha value is -2.11. The fourth-order valence-electron chi connectivity index (χ4n) is 2.59. The minimum Gasteiger partial charge on any atom is -0.318 e. The van der Waals surface area contributed by atoms with Gasteiger partial charge in [-0.25, -0.2) is 4.98 Å². The molecule has 3 aromatic rings. The van der Waals surface area contributed by atoms with E-state index in [0.717, 1.165) is 27.6 Å². The zero-order valence-electron chi connectivity index (χ0n) is 14.0. The molecule has 0 aliphatic carbocycles. The highest BCUT2D eigenvalue weighted by Gasteiger charge is 2.15. The van der Waals surface area contributed by atoms with E-state index in [1.54, 1.807) is 6.07 Å². The molecule has 0 saturated heterocycles. The second kappa shape index (κ2) is 6.42. The molecule has 124 valence electrons. The molecule has 2 heterocycles. The summed E-state index contributed by atoms with van der Waals surface area (Å²) in [5.41, 5.74) is 4.48. The van der Waals surface area contributed by atoms with E-state index in [4.69, 9.17) is 11.6 Å². The summed E-state index contributed by atoms with van der Waals surface area (Å²) in [5, 5.41) is 3.85. The maximum absolute atomic E-state index is 12.6. The summed E-state index contributed by atoms with van der Waals surface area (Å²) in [6.45, 7) is 7.96. The van der Waals surface area contributed by atoms with Crippen LogP contribution < -0.4 is 5.32 Å². The first kappa shape index (κ1) is 16.7. The van der Waals surface area contributed by atoms with Crippen molar-refractivity contribution in [3.05, 3.63) is 62.9 Å². The van der Waals surface area contributed by atoms with Gasteiger partial charge in [-0.3, -0.25) is 10.1 Å². The van der Waals surface area contributed by atoms with Crippen LogP contribution in [0.1, 0.15) is 32.3 Å². The number of anilines is 1. The lowest BCUT2D eigenvalue weighted by molar-refractivity contribution is 0.102. The van der Waals surface area contributed by atoms with E-state index in [2.05, 4.69) is 14.9 Å². The fraction of sp³-hybridized carbons (Fsp3) is 0.222. The average Bonchev–Trinajstić information content (AvgIpc) is 3.02. The maximum Gasteiger partial charge on any atom is 0.259 e. The number of rotatable bonds is 3. The Kier molecular flexibility index (Phi) is 4.47. The van der Waals surface area contributed by atoms with Crippen LogP contribution in [0.2, 0.25) is 5.02 Å². The third-order valence-electron chi connectivity index (χ3n) is 3.97. The molecule has 2 aromatic heterocycles. The maximum atomic E-state index is 12.6. The van der Waals surface area contributed by atoms with Crippen molar-refractivity contribution in [2.45, 2.75) is 27.7 Å². The summed E-state index contributed by atoms with van der Waals surface area (Å²) >= 11 is 7.71. The lowest BCUT2D eigenvalue weighted by Crippen LogP contribution is -2.13. The predicted octanol–water partition coefficient (Wildman–Crippen LogP) is 5.07. The number of thiazole rings is 1. The highest BCUT2D eigenvalue weighted by molar-refractivity contribution is 7.15. The van der Waals surface area contributed by atoms with Gasteiger partial charge in [0.25, 0.3) is 5.91 Å². The zero-order chi connectivity index (χ0) is 17.4. The van der Waals surface area contributed by atoms with Gasteiger partial charge in [0, 0.05) is 22.0 Å². The molecule has 0 bridgehead atoms. The molecule has 0 aliphatic heterocycles. The van der Waals surface area contributed by atoms with Gasteiger partial charge in [0.1, 0.15) is 0 Å². The minimum absolute atomic E-state index is 0.252. The first-order valence-electron chi connectivity index (χ1n) is 7.57. The van der Waals surface area contributed by atoms with Crippen molar-refractivity contribution in [2.24, 2.45) is 0 Å². The first-order valence-corrected chi connectivity index (χ1v) is 8.76. The molecule has 24 heavy (non-hydrogen) atoms. The molecular formula is C18H18ClN3OS. The van der Waals surface area contributed by atoms with Gasteiger partial charge in [0.05, 0.1) is 16.3 Å².